The third-order valence-corrected chi connectivity index (χ3v) is 9.93. The molecule has 3 aliphatic heterocycles. The molecule has 2 aliphatic carbocycles. The molecule has 5 fully saturated rings. The average Bonchev–Trinajstić information content (AvgIpc) is 3.15. The van der Waals surface area contributed by atoms with Crippen LogP contribution >= 0.6 is 0 Å². The van der Waals surface area contributed by atoms with Crippen LogP contribution < -0.4 is 5.32 Å². The Morgan fingerprint density at radius 3 is 2.42 bits per heavy atom. The van der Waals surface area contributed by atoms with Crippen LogP contribution in [0.4, 0.5) is 0 Å². The van der Waals surface area contributed by atoms with Crippen LogP contribution in [0.25, 0.3) is 0 Å². The van der Waals surface area contributed by atoms with E-state index in [9.17, 15) is 19.5 Å². The lowest BCUT2D eigenvalue weighted by molar-refractivity contribution is -0.145. The van der Waals surface area contributed by atoms with Gasteiger partial charge in [-0.15, -0.1) is 0 Å². The van der Waals surface area contributed by atoms with Gasteiger partial charge in [-0.3, -0.25) is 19.7 Å². The third kappa shape index (κ3) is 4.47. The van der Waals surface area contributed by atoms with Crippen molar-refractivity contribution in [2.45, 2.75) is 102 Å². The molecule has 2 saturated carbocycles. The fourth-order valence-electron chi connectivity index (χ4n) is 7.74. The van der Waals surface area contributed by atoms with Gasteiger partial charge in [0.15, 0.2) is 0 Å². The molecule has 5 aliphatic rings. The summed E-state index contributed by atoms with van der Waals surface area (Å²) in [5.74, 6) is 0.742. The van der Waals surface area contributed by atoms with Crippen molar-refractivity contribution in [1.82, 2.24) is 15.1 Å². The van der Waals surface area contributed by atoms with E-state index >= 15 is 0 Å². The Hall–Kier alpha value is -1.47. The maximum absolute atomic E-state index is 13.1. The molecule has 184 valence electrons. The minimum Gasteiger partial charge on any atom is -0.390 e. The molecular weight excluding hydrogens is 418 g/mol. The van der Waals surface area contributed by atoms with Crippen LogP contribution in [0, 0.1) is 23.7 Å². The third-order valence-electron chi connectivity index (χ3n) is 9.93. The van der Waals surface area contributed by atoms with E-state index < -0.39 is 11.6 Å². The highest BCUT2D eigenvalue weighted by Crippen LogP contribution is 2.47. The quantitative estimate of drug-likeness (QED) is 0.631. The zero-order valence-electron chi connectivity index (χ0n) is 20.1. The largest absolute Gasteiger partial charge is 0.390 e. The topological polar surface area (TPSA) is 89.9 Å². The molecule has 2 N–H and O–H groups in total. The van der Waals surface area contributed by atoms with Gasteiger partial charge < -0.3 is 14.9 Å². The minimum absolute atomic E-state index is 0.0262. The average molecular weight is 460 g/mol. The van der Waals surface area contributed by atoms with Gasteiger partial charge in [0.05, 0.1) is 5.60 Å². The van der Waals surface area contributed by atoms with Crippen molar-refractivity contribution in [1.29, 1.82) is 0 Å². The number of imide groups is 1. The number of nitrogens with one attached hydrogen (secondary N) is 1. The normalized spacial score (nSPS) is 37.0. The number of carbonyl (C=O) groups is 3. The lowest BCUT2D eigenvalue weighted by atomic mass is 9.66. The second kappa shape index (κ2) is 9.29. The van der Waals surface area contributed by atoms with Gasteiger partial charge in [0.1, 0.15) is 6.04 Å². The van der Waals surface area contributed by atoms with Gasteiger partial charge in [-0.25, -0.2) is 0 Å². The molecule has 0 bridgehead atoms. The molecule has 0 aromatic heterocycles. The van der Waals surface area contributed by atoms with Crippen molar-refractivity contribution < 1.29 is 19.5 Å². The molecule has 5 atom stereocenters. The fourth-order valence-corrected chi connectivity index (χ4v) is 7.74. The van der Waals surface area contributed by atoms with Crippen LogP contribution in [-0.2, 0) is 14.4 Å². The van der Waals surface area contributed by atoms with Crippen molar-refractivity contribution >= 4 is 17.7 Å². The molecule has 5 rings (SSSR count). The Labute approximate surface area is 197 Å². The van der Waals surface area contributed by atoms with Crippen LogP contribution in [0.5, 0.6) is 0 Å². The molecule has 3 unspecified atom stereocenters. The lowest BCUT2D eigenvalue weighted by Gasteiger charge is -2.48. The van der Waals surface area contributed by atoms with Crippen molar-refractivity contribution in [3.8, 4) is 0 Å². The van der Waals surface area contributed by atoms with Crippen molar-refractivity contribution in [2.75, 3.05) is 19.6 Å². The number of fused-ring (bicyclic) bond motifs is 1. The molecule has 3 heterocycles. The van der Waals surface area contributed by atoms with Crippen molar-refractivity contribution in [3.05, 3.63) is 0 Å². The lowest BCUT2D eigenvalue weighted by Crippen LogP contribution is -2.53. The zero-order valence-corrected chi connectivity index (χ0v) is 20.1. The van der Waals surface area contributed by atoms with Gasteiger partial charge in [-0.05, 0) is 76.0 Å². The molecule has 0 radical (unpaired) electrons. The van der Waals surface area contributed by atoms with Crippen LogP contribution in [0.3, 0.4) is 0 Å². The van der Waals surface area contributed by atoms with E-state index in [1.54, 1.807) is 4.90 Å². The van der Waals surface area contributed by atoms with E-state index in [1.807, 2.05) is 0 Å². The van der Waals surface area contributed by atoms with Crippen LogP contribution in [-0.4, -0.2) is 69.9 Å². The Balaban J connectivity index is 1.17. The Bertz CT molecular complexity index is 771. The van der Waals surface area contributed by atoms with E-state index in [0.29, 0.717) is 25.4 Å². The number of carbonyl (C=O) groups excluding carboxylic acids is 3. The predicted molar refractivity (Wildman–Crippen MR) is 124 cm³/mol. The summed E-state index contributed by atoms with van der Waals surface area (Å²) in [4.78, 5) is 41.3. The summed E-state index contributed by atoms with van der Waals surface area (Å²) >= 11 is 0. The van der Waals surface area contributed by atoms with E-state index in [1.165, 1.54) is 32.1 Å². The second-order valence-corrected chi connectivity index (χ2v) is 11.6. The number of nitrogens with zero attached hydrogens (tertiary/aromatic N) is 2. The fraction of sp³-hybridized carbons (Fsp3) is 0.885. The molecule has 3 amide bonds. The van der Waals surface area contributed by atoms with Crippen molar-refractivity contribution in [2.24, 2.45) is 23.7 Å². The molecule has 0 spiro atoms. The van der Waals surface area contributed by atoms with Crippen LogP contribution in [0.15, 0.2) is 0 Å². The maximum Gasteiger partial charge on any atom is 0.249 e. The van der Waals surface area contributed by atoms with E-state index in [0.717, 1.165) is 51.1 Å². The minimum atomic E-state index is -0.626. The van der Waals surface area contributed by atoms with Gasteiger partial charge in [0, 0.05) is 38.0 Å². The Morgan fingerprint density at radius 1 is 1.00 bits per heavy atom. The van der Waals surface area contributed by atoms with Gasteiger partial charge in [-0.2, -0.15) is 0 Å². The summed E-state index contributed by atoms with van der Waals surface area (Å²) < 4.78 is 0. The summed E-state index contributed by atoms with van der Waals surface area (Å²) in [5.41, 5.74) is -0.626. The van der Waals surface area contributed by atoms with Gasteiger partial charge >= 0.3 is 0 Å². The van der Waals surface area contributed by atoms with Crippen molar-refractivity contribution in [3.63, 3.8) is 0 Å². The molecule has 3 saturated heterocycles. The first-order valence-electron chi connectivity index (χ1n) is 13.5. The van der Waals surface area contributed by atoms with Gasteiger partial charge in [0.25, 0.3) is 0 Å². The monoisotopic (exact) mass is 459 g/mol. The summed E-state index contributed by atoms with van der Waals surface area (Å²) in [5, 5.41) is 14.0. The first-order valence-corrected chi connectivity index (χ1v) is 13.5. The maximum atomic E-state index is 13.1. The predicted octanol–water partition coefficient (Wildman–Crippen LogP) is 2.46. The van der Waals surface area contributed by atoms with Crippen LogP contribution in [0.1, 0.15) is 84.0 Å². The highest BCUT2D eigenvalue weighted by Gasteiger charge is 2.51. The summed E-state index contributed by atoms with van der Waals surface area (Å²) in [7, 11) is 0. The summed E-state index contributed by atoms with van der Waals surface area (Å²) in [6.07, 6.45) is 11.8. The van der Waals surface area contributed by atoms with E-state index in [2.05, 4.69) is 17.1 Å². The molecular formula is C26H41N3O4. The highest BCUT2D eigenvalue weighted by molar-refractivity contribution is 6.02. The molecule has 0 aromatic rings. The van der Waals surface area contributed by atoms with E-state index in [-0.39, 0.29) is 35.5 Å². The summed E-state index contributed by atoms with van der Waals surface area (Å²) in [6, 6.07) is 0.104. The first-order chi connectivity index (χ1) is 15.9. The molecule has 7 nitrogen and oxygen atoms in total. The molecule has 7 heteroatoms. The van der Waals surface area contributed by atoms with E-state index in [4.69, 9.17) is 0 Å². The molecule has 33 heavy (non-hydrogen) atoms. The molecule has 0 aromatic carbocycles. The first kappa shape index (κ1) is 23.3. The highest BCUT2D eigenvalue weighted by atomic mass is 16.3. The number of amides is 3. The Morgan fingerprint density at radius 2 is 1.73 bits per heavy atom. The Kier molecular flexibility index (Phi) is 6.55. The smallest absolute Gasteiger partial charge is 0.249 e. The number of piperidine rings is 2. The van der Waals surface area contributed by atoms with Gasteiger partial charge in [0.2, 0.25) is 17.7 Å². The van der Waals surface area contributed by atoms with Crippen LogP contribution in [0.2, 0.25) is 0 Å². The summed E-state index contributed by atoms with van der Waals surface area (Å²) in [6.45, 7) is 4.92. The van der Waals surface area contributed by atoms with Gasteiger partial charge in [-0.1, -0.05) is 19.3 Å². The number of likely N-dealkylation sites (tertiary alicyclic amines) is 2. The number of rotatable bonds is 4. The zero-order chi connectivity index (χ0) is 23.2. The number of hydrogen-bond donors (Lipinski definition) is 2. The SMILES string of the molecule is CC(C1CCCCC1)N1CCC(O)(C2CC[C@H]3C(=O)N(C4CCC(=O)NC4=O)C[C@H]3C2)CC1. The standard InChI is InChI=1S/C26H41N3O4/c1-17(18-5-3-2-4-6-18)28-13-11-26(33,12-14-28)20-7-8-21-19(15-20)16-29(25(21)32)22-9-10-23(30)27-24(22)31/h17-22,33H,2-16H2,1H3,(H,27,30,31)/t17?,19-,20?,21-,22?/m1/s1. The number of hydrogen-bond acceptors (Lipinski definition) is 5. The second-order valence-electron chi connectivity index (χ2n) is 11.6. The number of aliphatic hydroxyl groups is 1.